The second kappa shape index (κ2) is 7.33. The molecule has 0 saturated carbocycles. The van der Waals surface area contributed by atoms with E-state index in [1.807, 2.05) is 26.8 Å². The molecule has 5 heteroatoms. The molecule has 20 heavy (non-hydrogen) atoms. The van der Waals surface area contributed by atoms with Crippen molar-refractivity contribution in [2.75, 3.05) is 5.32 Å². The minimum atomic E-state index is -0.500. The summed E-state index contributed by atoms with van der Waals surface area (Å²) in [5.41, 5.74) is 1.48. The van der Waals surface area contributed by atoms with Crippen molar-refractivity contribution in [3.05, 3.63) is 53.2 Å². The Morgan fingerprint density at radius 2 is 1.90 bits per heavy atom. The van der Waals surface area contributed by atoms with Crippen LogP contribution in [0.3, 0.4) is 0 Å². The Morgan fingerprint density at radius 1 is 1.20 bits per heavy atom. The fraction of sp³-hybridized carbons (Fsp3) is 0.267. The SMILES string of the molecule is CC.Cc1ccc(NC(=O)c2cncc(F)c2C)nc1.[HH]. The van der Waals surface area contributed by atoms with Crippen molar-refractivity contribution in [2.45, 2.75) is 27.7 Å². The summed E-state index contributed by atoms with van der Waals surface area (Å²) >= 11 is 0. The summed E-state index contributed by atoms with van der Waals surface area (Å²) in [6.45, 7) is 7.44. The first kappa shape index (κ1) is 15.8. The fourth-order valence-electron chi connectivity index (χ4n) is 1.45. The minimum Gasteiger partial charge on any atom is -0.307 e. The summed E-state index contributed by atoms with van der Waals surface area (Å²) in [4.78, 5) is 19.6. The Kier molecular flexibility index (Phi) is 5.77. The normalized spacial score (nSPS) is 9.45. The third-order valence-corrected chi connectivity index (χ3v) is 2.55. The highest BCUT2D eigenvalue weighted by molar-refractivity contribution is 6.04. The highest BCUT2D eigenvalue weighted by Gasteiger charge is 2.12. The molecule has 2 heterocycles. The Balaban J connectivity index is 0.00000128. The molecule has 0 aliphatic heterocycles. The van der Waals surface area contributed by atoms with Crippen LogP contribution in [0.15, 0.2) is 30.7 Å². The highest BCUT2D eigenvalue weighted by atomic mass is 19.1. The molecule has 0 fully saturated rings. The lowest BCUT2D eigenvalue weighted by Crippen LogP contribution is -2.15. The molecule has 1 N–H and O–H groups in total. The van der Waals surface area contributed by atoms with Gasteiger partial charge in [0.2, 0.25) is 0 Å². The summed E-state index contributed by atoms with van der Waals surface area (Å²) in [5, 5.41) is 2.60. The van der Waals surface area contributed by atoms with E-state index in [1.165, 1.54) is 13.1 Å². The standard InChI is InChI=1S/C13H12FN3O.C2H6.H2/c1-8-3-4-12(16-5-8)17-13(18)10-6-15-7-11(14)9(10)2;1-2;/h3-7H,1-2H3,(H,16,17,18);1-2H3;1H. The predicted octanol–water partition coefficient (Wildman–Crippen LogP) is 3.76. The first-order valence-corrected chi connectivity index (χ1v) is 6.42. The van der Waals surface area contributed by atoms with Crippen molar-refractivity contribution in [2.24, 2.45) is 0 Å². The maximum atomic E-state index is 13.3. The number of hydrogen-bond acceptors (Lipinski definition) is 3. The smallest absolute Gasteiger partial charge is 0.258 e. The van der Waals surface area contributed by atoms with Crippen LogP contribution >= 0.6 is 0 Å². The largest absolute Gasteiger partial charge is 0.307 e. The van der Waals surface area contributed by atoms with Gasteiger partial charge in [-0.05, 0) is 25.5 Å². The van der Waals surface area contributed by atoms with E-state index in [4.69, 9.17) is 0 Å². The zero-order valence-corrected chi connectivity index (χ0v) is 12.1. The van der Waals surface area contributed by atoms with Gasteiger partial charge in [-0.15, -0.1) is 0 Å². The highest BCUT2D eigenvalue weighted by Crippen LogP contribution is 2.12. The van der Waals surface area contributed by atoms with Crippen molar-refractivity contribution < 1.29 is 10.6 Å². The van der Waals surface area contributed by atoms with Crippen LogP contribution < -0.4 is 5.32 Å². The number of nitrogens with one attached hydrogen (secondary N) is 1. The Hall–Kier alpha value is -2.30. The number of aromatic nitrogens is 2. The van der Waals surface area contributed by atoms with Crippen molar-refractivity contribution in [1.82, 2.24) is 9.97 Å². The molecule has 2 rings (SSSR count). The van der Waals surface area contributed by atoms with E-state index >= 15 is 0 Å². The van der Waals surface area contributed by atoms with Crippen molar-refractivity contribution >= 4 is 11.7 Å². The van der Waals surface area contributed by atoms with Crippen LogP contribution in [0, 0.1) is 19.7 Å². The number of pyridine rings is 2. The Labute approximate surface area is 119 Å². The second-order valence-electron chi connectivity index (χ2n) is 3.97. The second-order valence-corrected chi connectivity index (χ2v) is 3.97. The molecular weight excluding hydrogens is 257 g/mol. The predicted molar refractivity (Wildman–Crippen MR) is 79.3 cm³/mol. The Bertz CT molecular complexity index is 588. The number of anilines is 1. The van der Waals surface area contributed by atoms with Crippen LogP contribution in [0.25, 0.3) is 0 Å². The van der Waals surface area contributed by atoms with Gasteiger partial charge in [0, 0.05) is 19.4 Å². The molecule has 0 aromatic carbocycles. The third kappa shape index (κ3) is 3.85. The van der Waals surface area contributed by atoms with Gasteiger partial charge < -0.3 is 5.32 Å². The molecule has 2 aromatic heterocycles. The van der Waals surface area contributed by atoms with Gasteiger partial charge in [0.15, 0.2) is 0 Å². The maximum absolute atomic E-state index is 13.3. The number of halogens is 1. The zero-order valence-electron chi connectivity index (χ0n) is 12.1. The molecule has 4 nitrogen and oxygen atoms in total. The lowest BCUT2D eigenvalue weighted by Gasteiger charge is -2.07. The van der Waals surface area contributed by atoms with Gasteiger partial charge in [-0.2, -0.15) is 0 Å². The zero-order chi connectivity index (χ0) is 15.1. The van der Waals surface area contributed by atoms with Gasteiger partial charge in [-0.25, -0.2) is 9.37 Å². The molecule has 108 valence electrons. The summed E-state index contributed by atoms with van der Waals surface area (Å²) in [6, 6.07) is 3.52. The summed E-state index contributed by atoms with van der Waals surface area (Å²) in [5.74, 6) is -0.496. The molecule has 1 amide bonds. The number of carbonyl (C=O) groups is 1. The maximum Gasteiger partial charge on any atom is 0.258 e. The monoisotopic (exact) mass is 277 g/mol. The molecule has 0 bridgehead atoms. The molecule has 0 spiro atoms. The van der Waals surface area contributed by atoms with Crippen LogP contribution in [-0.4, -0.2) is 15.9 Å². The van der Waals surface area contributed by atoms with E-state index < -0.39 is 11.7 Å². The fourth-order valence-corrected chi connectivity index (χ4v) is 1.45. The third-order valence-electron chi connectivity index (χ3n) is 2.55. The van der Waals surface area contributed by atoms with Crippen molar-refractivity contribution in [1.29, 1.82) is 0 Å². The van der Waals surface area contributed by atoms with E-state index in [1.54, 1.807) is 12.3 Å². The van der Waals surface area contributed by atoms with Crippen LogP contribution in [0.5, 0.6) is 0 Å². The van der Waals surface area contributed by atoms with Gasteiger partial charge >= 0.3 is 0 Å². The average molecular weight is 277 g/mol. The van der Waals surface area contributed by atoms with Gasteiger partial charge in [0.25, 0.3) is 5.91 Å². The van der Waals surface area contributed by atoms with Gasteiger partial charge in [-0.3, -0.25) is 9.78 Å². The summed E-state index contributed by atoms with van der Waals surface area (Å²) < 4.78 is 13.3. The van der Waals surface area contributed by atoms with E-state index in [0.29, 0.717) is 5.82 Å². The molecule has 0 radical (unpaired) electrons. The summed E-state index contributed by atoms with van der Waals surface area (Å²) in [7, 11) is 0. The molecule has 0 atom stereocenters. The molecular formula is C15H20FN3O. The number of carbonyl (C=O) groups excluding carboxylic acids is 1. The minimum absolute atomic E-state index is 0. The Morgan fingerprint density at radius 3 is 2.50 bits per heavy atom. The molecule has 0 unspecified atom stereocenters. The molecule has 2 aromatic rings. The van der Waals surface area contributed by atoms with Crippen LogP contribution in [-0.2, 0) is 0 Å². The number of rotatable bonds is 2. The quantitative estimate of drug-likeness (QED) is 0.909. The first-order valence-electron chi connectivity index (χ1n) is 6.42. The van der Waals surface area contributed by atoms with Crippen LogP contribution in [0.2, 0.25) is 0 Å². The number of amides is 1. The van der Waals surface area contributed by atoms with E-state index in [2.05, 4.69) is 15.3 Å². The molecule has 0 aliphatic rings. The first-order chi connectivity index (χ1) is 9.58. The van der Waals surface area contributed by atoms with E-state index in [0.717, 1.165) is 11.8 Å². The lowest BCUT2D eigenvalue weighted by atomic mass is 10.1. The number of aryl methyl sites for hydroxylation is 1. The van der Waals surface area contributed by atoms with Gasteiger partial charge in [-0.1, -0.05) is 19.9 Å². The van der Waals surface area contributed by atoms with Crippen molar-refractivity contribution in [3.8, 4) is 0 Å². The topological polar surface area (TPSA) is 54.9 Å². The van der Waals surface area contributed by atoms with Crippen LogP contribution in [0.4, 0.5) is 10.2 Å². The number of nitrogens with zero attached hydrogens (tertiary/aromatic N) is 2. The summed E-state index contributed by atoms with van der Waals surface area (Å²) in [6.07, 6.45) is 4.06. The van der Waals surface area contributed by atoms with Crippen molar-refractivity contribution in [3.63, 3.8) is 0 Å². The van der Waals surface area contributed by atoms with Crippen LogP contribution in [0.1, 0.15) is 36.8 Å². The van der Waals surface area contributed by atoms with E-state index in [9.17, 15) is 9.18 Å². The molecule has 0 aliphatic carbocycles. The van der Waals surface area contributed by atoms with Gasteiger partial charge in [0.05, 0.1) is 11.8 Å². The lowest BCUT2D eigenvalue weighted by molar-refractivity contribution is 0.102. The molecule has 0 saturated heterocycles. The number of hydrogen-bond donors (Lipinski definition) is 1. The average Bonchev–Trinajstić information content (AvgIpc) is 2.46. The van der Waals surface area contributed by atoms with E-state index in [-0.39, 0.29) is 12.6 Å². The van der Waals surface area contributed by atoms with Gasteiger partial charge in [0.1, 0.15) is 11.6 Å².